The summed E-state index contributed by atoms with van der Waals surface area (Å²) >= 11 is 0. The molecule has 98 valence electrons. The van der Waals surface area contributed by atoms with Crippen LogP contribution in [0.2, 0.25) is 0 Å². The molecule has 1 saturated carbocycles. The van der Waals surface area contributed by atoms with Crippen molar-refractivity contribution in [1.82, 2.24) is 20.0 Å². The van der Waals surface area contributed by atoms with Crippen molar-refractivity contribution in [3.8, 4) is 0 Å². The summed E-state index contributed by atoms with van der Waals surface area (Å²) in [5.74, 6) is 0.618. The molecule has 19 heavy (non-hydrogen) atoms. The van der Waals surface area contributed by atoms with Crippen LogP contribution in [0.15, 0.2) is 30.7 Å². The molecule has 0 aromatic carbocycles. The lowest BCUT2D eigenvalue weighted by molar-refractivity contribution is 0.0925. The van der Waals surface area contributed by atoms with Crippen molar-refractivity contribution in [3.63, 3.8) is 0 Å². The lowest BCUT2D eigenvalue weighted by Crippen LogP contribution is -2.44. The Morgan fingerprint density at radius 2 is 2.37 bits per heavy atom. The fraction of sp³-hybridized carbons (Fsp3) is 0.429. The van der Waals surface area contributed by atoms with Crippen LogP contribution in [0, 0.1) is 5.92 Å². The van der Waals surface area contributed by atoms with Crippen LogP contribution in [0.25, 0.3) is 5.65 Å². The second-order valence-electron chi connectivity index (χ2n) is 5.52. The number of imidazole rings is 1. The van der Waals surface area contributed by atoms with E-state index in [2.05, 4.69) is 15.6 Å². The Bertz CT molecular complexity index is 635. The van der Waals surface area contributed by atoms with Gasteiger partial charge in [-0.2, -0.15) is 0 Å². The maximum atomic E-state index is 12.3. The minimum absolute atomic E-state index is 0.0167. The Balaban J connectivity index is 1.53. The van der Waals surface area contributed by atoms with Gasteiger partial charge in [0.1, 0.15) is 5.65 Å². The van der Waals surface area contributed by atoms with Crippen LogP contribution in [-0.2, 0) is 0 Å². The number of amides is 1. The molecular formula is C14H16N4O. The SMILES string of the molecule is O=C(N[C@@H]1C[C@H]2C[C@@H]1CN2)c1ccn2ccnc2c1. The first-order valence-electron chi connectivity index (χ1n) is 6.76. The minimum atomic E-state index is 0.0167. The number of rotatable bonds is 2. The second-order valence-corrected chi connectivity index (χ2v) is 5.52. The number of piperidine rings is 1. The fourth-order valence-electron chi connectivity index (χ4n) is 3.32. The van der Waals surface area contributed by atoms with Gasteiger partial charge >= 0.3 is 0 Å². The van der Waals surface area contributed by atoms with Crippen LogP contribution in [0.3, 0.4) is 0 Å². The molecule has 2 fully saturated rings. The highest BCUT2D eigenvalue weighted by Gasteiger charge is 2.40. The molecule has 0 unspecified atom stereocenters. The molecule has 2 aliphatic rings. The third kappa shape index (κ3) is 1.81. The van der Waals surface area contributed by atoms with E-state index < -0.39 is 0 Å². The number of hydrogen-bond acceptors (Lipinski definition) is 3. The van der Waals surface area contributed by atoms with E-state index in [9.17, 15) is 4.79 Å². The molecule has 1 aliphatic heterocycles. The molecule has 1 aliphatic carbocycles. The first-order chi connectivity index (χ1) is 9.29. The molecule has 2 aromatic heterocycles. The van der Waals surface area contributed by atoms with Crippen molar-refractivity contribution in [2.45, 2.75) is 24.9 Å². The van der Waals surface area contributed by atoms with E-state index in [1.54, 1.807) is 6.20 Å². The number of carbonyl (C=O) groups excluding carboxylic acids is 1. The van der Waals surface area contributed by atoms with E-state index >= 15 is 0 Å². The predicted octanol–water partition coefficient (Wildman–Crippen LogP) is 0.814. The minimum Gasteiger partial charge on any atom is -0.349 e. The van der Waals surface area contributed by atoms with E-state index in [-0.39, 0.29) is 5.91 Å². The van der Waals surface area contributed by atoms with Gasteiger partial charge in [-0.25, -0.2) is 4.98 Å². The van der Waals surface area contributed by atoms with E-state index in [0.29, 0.717) is 23.6 Å². The highest BCUT2D eigenvalue weighted by molar-refractivity contribution is 5.95. The highest BCUT2D eigenvalue weighted by atomic mass is 16.1. The van der Waals surface area contributed by atoms with Gasteiger partial charge in [0.2, 0.25) is 0 Å². The van der Waals surface area contributed by atoms with Crippen LogP contribution in [0.1, 0.15) is 23.2 Å². The van der Waals surface area contributed by atoms with Gasteiger partial charge in [-0.05, 0) is 30.9 Å². The average molecular weight is 256 g/mol. The summed E-state index contributed by atoms with van der Waals surface area (Å²) in [7, 11) is 0. The topological polar surface area (TPSA) is 58.4 Å². The van der Waals surface area contributed by atoms with E-state index in [1.807, 2.05) is 28.9 Å². The Morgan fingerprint density at radius 1 is 1.42 bits per heavy atom. The van der Waals surface area contributed by atoms with Crippen LogP contribution in [0.5, 0.6) is 0 Å². The van der Waals surface area contributed by atoms with Crippen molar-refractivity contribution >= 4 is 11.6 Å². The molecule has 2 N–H and O–H groups in total. The van der Waals surface area contributed by atoms with Gasteiger partial charge in [0.15, 0.2) is 0 Å². The van der Waals surface area contributed by atoms with Gasteiger partial charge in [-0.3, -0.25) is 4.79 Å². The summed E-state index contributed by atoms with van der Waals surface area (Å²) in [6.07, 6.45) is 7.74. The smallest absolute Gasteiger partial charge is 0.251 e. The van der Waals surface area contributed by atoms with E-state index in [0.717, 1.165) is 18.6 Å². The predicted molar refractivity (Wildman–Crippen MR) is 71.0 cm³/mol. The summed E-state index contributed by atoms with van der Waals surface area (Å²) in [6.45, 7) is 1.04. The molecule has 2 aromatic rings. The van der Waals surface area contributed by atoms with Crippen molar-refractivity contribution in [2.24, 2.45) is 5.92 Å². The first-order valence-corrected chi connectivity index (χ1v) is 6.76. The summed E-state index contributed by atoms with van der Waals surface area (Å²) < 4.78 is 1.90. The molecule has 1 amide bonds. The molecule has 4 rings (SSSR count). The first kappa shape index (κ1) is 11.0. The molecule has 0 spiro atoms. The molecule has 2 bridgehead atoms. The zero-order valence-corrected chi connectivity index (χ0v) is 10.5. The van der Waals surface area contributed by atoms with Crippen LogP contribution >= 0.6 is 0 Å². The molecule has 3 heterocycles. The average Bonchev–Trinajstić information content (AvgIpc) is 3.13. The molecule has 0 radical (unpaired) electrons. The monoisotopic (exact) mass is 256 g/mol. The van der Waals surface area contributed by atoms with Gasteiger partial charge in [0.05, 0.1) is 0 Å². The molecule has 5 nitrogen and oxygen atoms in total. The zero-order chi connectivity index (χ0) is 12.8. The third-order valence-electron chi connectivity index (χ3n) is 4.34. The largest absolute Gasteiger partial charge is 0.349 e. The number of fused-ring (bicyclic) bond motifs is 3. The second kappa shape index (κ2) is 4.06. The summed E-state index contributed by atoms with van der Waals surface area (Å²) in [6, 6.07) is 4.61. The van der Waals surface area contributed by atoms with Crippen LogP contribution in [-0.4, -0.2) is 33.9 Å². The van der Waals surface area contributed by atoms with Crippen molar-refractivity contribution in [2.75, 3.05) is 6.54 Å². The van der Waals surface area contributed by atoms with Crippen molar-refractivity contribution in [3.05, 3.63) is 36.3 Å². The van der Waals surface area contributed by atoms with Crippen LogP contribution < -0.4 is 10.6 Å². The third-order valence-corrected chi connectivity index (χ3v) is 4.34. The Kier molecular flexibility index (Phi) is 2.35. The van der Waals surface area contributed by atoms with Gasteiger partial charge in [0, 0.05) is 42.8 Å². The summed E-state index contributed by atoms with van der Waals surface area (Å²) in [5.41, 5.74) is 1.50. The zero-order valence-electron chi connectivity index (χ0n) is 10.5. The lowest BCUT2D eigenvalue weighted by atomic mass is 10.0. The number of hydrogen-bond donors (Lipinski definition) is 2. The lowest BCUT2D eigenvalue weighted by Gasteiger charge is -2.23. The number of nitrogens with one attached hydrogen (secondary N) is 2. The van der Waals surface area contributed by atoms with Gasteiger partial charge in [-0.15, -0.1) is 0 Å². The number of nitrogens with zero attached hydrogens (tertiary/aromatic N) is 2. The highest BCUT2D eigenvalue weighted by Crippen LogP contribution is 2.31. The maximum absolute atomic E-state index is 12.3. The van der Waals surface area contributed by atoms with Crippen molar-refractivity contribution in [1.29, 1.82) is 0 Å². The van der Waals surface area contributed by atoms with Crippen molar-refractivity contribution < 1.29 is 4.79 Å². The maximum Gasteiger partial charge on any atom is 0.251 e. The quantitative estimate of drug-likeness (QED) is 0.836. The normalized spacial score (nSPS) is 28.9. The number of aromatic nitrogens is 2. The molecular weight excluding hydrogens is 240 g/mol. The molecule has 3 atom stereocenters. The Labute approximate surface area is 111 Å². The summed E-state index contributed by atoms with van der Waals surface area (Å²) in [5, 5.41) is 6.62. The Hall–Kier alpha value is -1.88. The van der Waals surface area contributed by atoms with Gasteiger partial charge < -0.3 is 15.0 Å². The summed E-state index contributed by atoms with van der Waals surface area (Å²) in [4.78, 5) is 16.5. The Morgan fingerprint density at radius 3 is 3.16 bits per heavy atom. The standard InChI is InChI=1S/C14H16N4O/c19-14(17-12-7-11-5-10(12)8-16-11)9-1-3-18-4-2-15-13(18)6-9/h1-4,6,10-12,16H,5,7-8H2,(H,17,19)/t10-,11-,12-/m1/s1. The van der Waals surface area contributed by atoms with E-state index in [4.69, 9.17) is 0 Å². The van der Waals surface area contributed by atoms with E-state index in [1.165, 1.54) is 6.42 Å². The van der Waals surface area contributed by atoms with Gasteiger partial charge in [-0.1, -0.05) is 0 Å². The van der Waals surface area contributed by atoms with Gasteiger partial charge in [0.25, 0.3) is 5.91 Å². The fourth-order valence-corrected chi connectivity index (χ4v) is 3.32. The molecule has 5 heteroatoms. The number of carbonyl (C=O) groups is 1. The molecule has 1 saturated heterocycles. The number of pyridine rings is 1. The van der Waals surface area contributed by atoms with Crippen LogP contribution in [0.4, 0.5) is 0 Å².